The molecule has 84 valence electrons. The van der Waals surface area contributed by atoms with E-state index in [1.54, 1.807) is 0 Å². The Balaban J connectivity index is 2.28. The van der Waals surface area contributed by atoms with E-state index in [0.717, 1.165) is 0 Å². The van der Waals surface area contributed by atoms with Crippen molar-refractivity contribution in [2.24, 2.45) is 10.2 Å². The molecule has 1 aliphatic rings. The van der Waals surface area contributed by atoms with Gasteiger partial charge in [0.25, 0.3) is 0 Å². The van der Waals surface area contributed by atoms with Crippen molar-refractivity contribution in [3.63, 3.8) is 0 Å². The van der Waals surface area contributed by atoms with Gasteiger partial charge in [0.05, 0.1) is 1.37 Å². The van der Waals surface area contributed by atoms with E-state index in [1.165, 1.54) is 30.3 Å². The summed E-state index contributed by atoms with van der Waals surface area (Å²) >= 11 is 2.92. The third-order valence-electron chi connectivity index (χ3n) is 2.23. The fourth-order valence-electron chi connectivity index (χ4n) is 1.32. The minimum atomic E-state index is -4.50. The summed E-state index contributed by atoms with van der Waals surface area (Å²) in [7, 11) is 0. The van der Waals surface area contributed by atoms with Crippen LogP contribution in [0.4, 0.5) is 13.2 Å². The predicted octanol–water partition coefficient (Wildman–Crippen LogP) is 4.23. The minimum Gasteiger partial charge on any atom is -0.166 e. The van der Waals surface area contributed by atoms with Crippen molar-refractivity contribution < 1.29 is 14.5 Å². The number of rotatable bonds is 2. The van der Waals surface area contributed by atoms with Gasteiger partial charge in [0.1, 0.15) is 0 Å². The van der Waals surface area contributed by atoms with Gasteiger partial charge in [-0.05, 0) is 16.6 Å². The van der Waals surface area contributed by atoms with E-state index >= 15 is 0 Å². The zero-order valence-electron chi connectivity index (χ0n) is 8.79. The molecule has 0 aromatic heterocycles. The Morgan fingerprint density at radius 3 is 2.19 bits per heavy atom. The number of halogens is 4. The lowest BCUT2D eigenvalue weighted by Crippen LogP contribution is -2.29. The van der Waals surface area contributed by atoms with Crippen LogP contribution in [-0.4, -0.2) is 6.18 Å². The molecule has 0 spiro atoms. The van der Waals surface area contributed by atoms with E-state index in [2.05, 4.69) is 26.2 Å². The standard InChI is InChI=1S/C10H6BrF3N2/c11-6-5-7-1-3-8(4-2-7)9(15-16-9)10(12,13)14/h1-6H/b6-5+/i6D. The first kappa shape index (κ1) is 10.0. The number of hydrogen-bond donors (Lipinski definition) is 0. The molecule has 0 saturated carbocycles. The molecule has 1 aromatic carbocycles. The molecule has 1 aliphatic heterocycles. The van der Waals surface area contributed by atoms with Gasteiger partial charge in [-0.3, -0.25) is 0 Å². The Morgan fingerprint density at radius 1 is 1.25 bits per heavy atom. The van der Waals surface area contributed by atoms with Crippen molar-refractivity contribution in [2.75, 3.05) is 0 Å². The first-order valence-corrected chi connectivity index (χ1v) is 5.09. The second kappa shape index (κ2) is 3.69. The van der Waals surface area contributed by atoms with Gasteiger partial charge >= 0.3 is 11.8 Å². The summed E-state index contributed by atoms with van der Waals surface area (Å²) in [6.07, 6.45) is -3.02. The summed E-state index contributed by atoms with van der Waals surface area (Å²) in [4.78, 5) is 0.150. The molecule has 0 aliphatic carbocycles. The molecule has 0 bridgehead atoms. The Labute approximate surface area is 99.4 Å². The monoisotopic (exact) mass is 291 g/mol. The molecule has 0 atom stereocenters. The van der Waals surface area contributed by atoms with Crippen LogP contribution in [0.1, 0.15) is 12.5 Å². The largest absolute Gasteiger partial charge is 0.442 e. The maximum absolute atomic E-state index is 12.7. The normalized spacial score (nSPS) is 19.5. The van der Waals surface area contributed by atoms with E-state index in [9.17, 15) is 13.2 Å². The maximum atomic E-state index is 12.7. The average molecular weight is 292 g/mol. The van der Waals surface area contributed by atoms with Gasteiger partial charge in [-0.25, -0.2) is 0 Å². The van der Waals surface area contributed by atoms with Gasteiger partial charge in [0, 0.05) is 5.56 Å². The second-order valence-corrected chi connectivity index (χ2v) is 3.70. The Bertz CT molecular complexity index is 483. The first-order valence-electron chi connectivity index (χ1n) is 4.80. The maximum Gasteiger partial charge on any atom is 0.442 e. The molecule has 0 fully saturated rings. The van der Waals surface area contributed by atoms with Gasteiger partial charge < -0.3 is 0 Å². The summed E-state index contributed by atoms with van der Waals surface area (Å²) in [6, 6.07) is 5.61. The van der Waals surface area contributed by atoms with E-state index in [-0.39, 0.29) is 10.5 Å². The van der Waals surface area contributed by atoms with E-state index < -0.39 is 11.8 Å². The molecule has 0 radical (unpaired) electrons. The number of hydrogen-bond acceptors (Lipinski definition) is 2. The number of alkyl halides is 3. The summed E-state index contributed by atoms with van der Waals surface area (Å²) in [5.74, 6) is 0. The molecule has 0 saturated heterocycles. The molecular weight excluding hydrogens is 285 g/mol. The van der Waals surface area contributed by atoms with Crippen molar-refractivity contribution in [2.45, 2.75) is 11.8 Å². The summed E-state index contributed by atoms with van der Waals surface area (Å²) in [5, 5.41) is 6.21. The van der Waals surface area contributed by atoms with Crippen molar-refractivity contribution in [1.29, 1.82) is 0 Å². The lowest BCUT2D eigenvalue weighted by Gasteiger charge is -2.14. The quantitative estimate of drug-likeness (QED) is 0.779. The van der Waals surface area contributed by atoms with Crippen molar-refractivity contribution in [1.82, 2.24) is 0 Å². The van der Waals surface area contributed by atoms with E-state index in [4.69, 9.17) is 1.37 Å². The smallest absolute Gasteiger partial charge is 0.166 e. The van der Waals surface area contributed by atoms with Crippen molar-refractivity contribution in [3.05, 3.63) is 40.4 Å². The Kier molecular flexibility index (Phi) is 2.31. The minimum absolute atomic E-state index is 0.0109. The summed E-state index contributed by atoms with van der Waals surface area (Å²) in [5.41, 5.74) is -1.75. The van der Waals surface area contributed by atoms with Gasteiger partial charge in [0.2, 0.25) is 0 Å². The molecule has 0 N–H and O–H groups in total. The lowest BCUT2D eigenvalue weighted by molar-refractivity contribution is -0.166. The molecule has 6 heteroatoms. The van der Waals surface area contributed by atoms with Crippen LogP contribution < -0.4 is 0 Å². The highest BCUT2D eigenvalue weighted by Gasteiger charge is 2.65. The van der Waals surface area contributed by atoms with Crippen LogP contribution in [0.2, 0.25) is 0 Å². The highest BCUT2D eigenvalue weighted by atomic mass is 79.9. The van der Waals surface area contributed by atoms with Crippen LogP contribution in [0.15, 0.2) is 39.5 Å². The highest BCUT2D eigenvalue weighted by molar-refractivity contribution is 9.11. The molecule has 0 unspecified atom stereocenters. The first-order chi connectivity index (χ1) is 7.85. The van der Waals surface area contributed by atoms with Crippen LogP contribution in [0.25, 0.3) is 6.08 Å². The second-order valence-electron chi connectivity index (χ2n) is 3.25. The predicted molar refractivity (Wildman–Crippen MR) is 57.0 cm³/mol. The van der Waals surface area contributed by atoms with Crippen LogP contribution in [0, 0.1) is 0 Å². The van der Waals surface area contributed by atoms with Crippen molar-refractivity contribution in [3.8, 4) is 0 Å². The fourth-order valence-corrected chi connectivity index (χ4v) is 1.58. The number of benzene rings is 1. The van der Waals surface area contributed by atoms with E-state index in [0.29, 0.717) is 5.56 Å². The fraction of sp³-hybridized carbons (Fsp3) is 0.200. The number of nitrogens with zero attached hydrogens (tertiary/aromatic N) is 2. The molecule has 2 nitrogen and oxygen atoms in total. The highest BCUT2D eigenvalue weighted by Crippen LogP contribution is 2.52. The Hall–Kier alpha value is -1.17. The average Bonchev–Trinajstić information content (AvgIpc) is 2.97. The SMILES string of the molecule is [2H]/C(Br)=C\c1ccc(C2(C(F)(F)F)N=N2)cc1. The third kappa shape index (κ3) is 1.77. The third-order valence-corrected chi connectivity index (χ3v) is 2.46. The van der Waals surface area contributed by atoms with Gasteiger partial charge in [-0.2, -0.15) is 13.2 Å². The van der Waals surface area contributed by atoms with Gasteiger partial charge in [0.15, 0.2) is 0 Å². The van der Waals surface area contributed by atoms with Gasteiger partial charge in [-0.15, -0.1) is 10.2 Å². The van der Waals surface area contributed by atoms with Crippen LogP contribution in [-0.2, 0) is 5.66 Å². The molecule has 1 heterocycles. The zero-order valence-corrected chi connectivity index (χ0v) is 9.38. The lowest BCUT2D eigenvalue weighted by atomic mass is 10.0. The van der Waals surface area contributed by atoms with Crippen LogP contribution in [0.5, 0.6) is 0 Å². The summed E-state index contributed by atoms with van der Waals surface area (Å²) in [6.45, 7) is 0. The topological polar surface area (TPSA) is 24.7 Å². The molecule has 1 aromatic rings. The van der Waals surface area contributed by atoms with Gasteiger partial charge in [-0.1, -0.05) is 40.2 Å². The molecule has 2 rings (SSSR count). The molecular formula is C10H6BrF3N2. The Morgan fingerprint density at radius 2 is 1.81 bits per heavy atom. The summed E-state index contributed by atoms with van der Waals surface area (Å²) < 4.78 is 45.1. The van der Waals surface area contributed by atoms with E-state index in [1.807, 2.05) is 0 Å². The molecule has 0 amide bonds. The van der Waals surface area contributed by atoms with Crippen molar-refractivity contribution >= 4 is 22.0 Å². The van der Waals surface area contributed by atoms with Crippen LogP contribution >= 0.6 is 15.9 Å². The zero-order chi connectivity index (χ0) is 12.7. The molecule has 16 heavy (non-hydrogen) atoms. The van der Waals surface area contributed by atoms with Crippen LogP contribution in [0.3, 0.4) is 0 Å².